The van der Waals surface area contributed by atoms with E-state index in [1.807, 2.05) is 4.90 Å². The van der Waals surface area contributed by atoms with Gasteiger partial charge in [-0.15, -0.1) is 9.24 Å². The summed E-state index contributed by atoms with van der Waals surface area (Å²) >= 11 is 0. The van der Waals surface area contributed by atoms with Crippen LogP contribution < -0.4 is 4.90 Å². The van der Waals surface area contributed by atoms with E-state index in [0.717, 1.165) is 57.5 Å². The van der Waals surface area contributed by atoms with Gasteiger partial charge in [0.05, 0.1) is 19.2 Å². The van der Waals surface area contributed by atoms with E-state index in [4.69, 9.17) is 9.84 Å². The van der Waals surface area contributed by atoms with Crippen LogP contribution in [0, 0.1) is 5.92 Å². The number of benzene rings is 1. The molecule has 3 aliphatic rings. The molecule has 0 saturated carbocycles. The summed E-state index contributed by atoms with van der Waals surface area (Å²) in [6.07, 6.45) is 4.05. The molecule has 1 aromatic heterocycles. The van der Waals surface area contributed by atoms with Crippen LogP contribution in [0.15, 0.2) is 24.3 Å². The van der Waals surface area contributed by atoms with Gasteiger partial charge in [0.2, 0.25) is 5.91 Å². The highest BCUT2D eigenvalue weighted by molar-refractivity contribution is 7.16. The second-order valence-corrected chi connectivity index (χ2v) is 8.92. The van der Waals surface area contributed by atoms with Gasteiger partial charge in [0.25, 0.3) is 0 Å². The molecule has 29 heavy (non-hydrogen) atoms. The maximum absolute atomic E-state index is 12.1. The van der Waals surface area contributed by atoms with Crippen molar-refractivity contribution in [1.82, 2.24) is 14.7 Å². The van der Waals surface area contributed by atoms with Gasteiger partial charge in [-0.05, 0) is 36.6 Å². The molecular formula is C22H29N4O2P. The van der Waals surface area contributed by atoms with Crippen LogP contribution in [0.1, 0.15) is 36.2 Å². The zero-order valence-corrected chi connectivity index (χ0v) is 18.2. The molecule has 1 aromatic carbocycles. The van der Waals surface area contributed by atoms with Gasteiger partial charge in [0.1, 0.15) is 0 Å². The van der Waals surface area contributed by atoms with Crippen molar-refractivity contribution in [2.45, 2.75) is 38.8 Å². The summed E-state index contributed by atoms with van der Waals surface area (Å²) in [4.78, 5) is 16.5. The van der Waals surface area contributed by atoms with Crippen LogP contribution in [-0.2, 0) is 28.9 Å². The molecule has 3 aliphatic heterocycles. The van der Waals surface area contributed by atoms with E-state index in [0.29, 0.717) is 18.5 Å². The Labute approximate surface area is 174 Å². The fraction of sp³-hybridized carbons (Fsp3) is 0.545. The number of nitrogens with zero attached hydrogens (tertiary/aromatic N) is 4. The van der Waals surface area contributed by atoms with Crippen LogP contribution in [-0.4, -0.2) is 53.1 Å². The quantitative estimate of drug-likeness (QED) is 0.728. The monoisotopic (exact) mass is 412 g/mol. The molecule has 0 bridgehead atoms. The number of fused-ring (bicyclic) bond motifs is 2. The Hall–Kier alpha value is -1.91. The summed E-state index contributed by atoms with van der Waals surface area (Å²) in [5.41, 5.74) is 5.16. The topological polar surface area (TPSA) is 50.6 Å². The molecule has 2 aromatic rings. The molecule has 0 radical (unpaired) electrons. The fourth-order valence-electron chi connectivity index (χ4n) is 4.97. The first-order valence-corrected chi connectivity index (χ1v) is 11.5. The van der Waals surface area contributed by atoms with E-state index >= 15 is 0 Å². The Morgan fingerprint density at radius 3 is 2.97 bits per heavy atom. The maximum Gasteiger partial charge on any atom is 0.219 e. The van der Waals surface area contributed by atoms with E-state index in [1.165, 1.54) is 22.5 Å². The van der Waals surface area contributed by atoms with E-state index in [9.17, 15) is 4.79 Å². The number of ether oxygens (including phenoxy) is 1. The third-order valence-electron chi connectivity index (χ3n) is 6.58. The highest BCUT2D eigenvalue weighted by Gasteiger charge is 2.34. The Kier molecular flexibility index (Phi) is 5.09. The fourth-order valence-corrected chi connectivity index (χ4v) is 5.28. The van der Waals surface area contributed by atoms with E-state index in [-0.39, 0.29) is 5.91 Å². The van der Waals surface area contributed by atoms with Gasteiger partial charge < -0.3 is 14.5 Å². The van der Waals surface area contributed by atoms with E-state index in [2.05, 4.69) is 43.1 Å². The van der Waals surface area contributed by atoms with Crippen molar-refractivity contribution in [3.63, 3.8) is 0 Å². The minimum Gasteiger partial charge on any atom is -0.379 e. The van der Waals surface area contributed by atoms with Crippen molar-refractivity contribution in [2.75, 3.05) is 37.4 Å². The minimum absolute atomic E-state index is 0.139. The summed E-state index contributed by atoms with van der Waals surface area (Å²) in [6, 6.07) is 9.00. The Bertz CT molecular complexity index is 922. The molecule has 2 unspecified atom stereocenters. The molecule has 0 spiro atoms. The zero-order valence-electron chi connectivity index (χ0n) is 17.0. The number of rotatable bonds is 3. The minimum atomic E-state index is 0.139. The summed E-state index contributed by atoms with van der Waals surface area (Å²) in [5.74, 6) is 1.76. The normalized spacial score (nSPS) is 23.8. The lowest BCUT2D eigenvalue weighted by molar-refractivity contribution is -0.129. The largest absolute Gasteiger partial charge is 0.379 e. The molecule has 154 valence electrons. The molecule has 6 nitrogen and oxygen atoms in total. The lowest BCUT2D eigenvalue weighted by Gasteiger charge is -2.36. The lowest BCUT2D eigenvalue weighted by Crippen LogP contribution is -2.37. The maximum atomic E-state index is 12.1. The highest BCUT2D eigenvalue weighted by Crippen LogP contribution is 2.40. The third-order valence-corrected chi connectivity index (χ3v) is 7.25. The van der Waals surface area contributed by atoms with Crippen LogP contribution in [0.3, 0.4) is 0 Å². The molecule has 7 heteroatoms. The van der Waals surface area contributed by atoms with Crippen molar-refractivity contribution in [1.29, 1.82) is 0 Å². The summed E-state index contributed by atoms with van der Waals surface area (Å²) in [6.45, 7) is 5.58. The highest BCUT2D eigenvalue weighted by atomic mass is 31.0. The van der Waals surface area contributed by atoms with Crippen molar-refractivity contribution in [3.8, 4) is 0 Å². The van der Waals surface area contributed by atoms with Gasteiger partial charge in [0, 0.05) is 50.0 Å². The summed E-state index contributed by atoms with van der Waals surface area (Å²) in [5, 5.41) is 5.18. The number of amides is 1. The van der Waals surface area contributed by atoms with E-state index < -0.39 is 0 Å². The number of carbonyl (C=O) groups is 1. The number of anilines is 2. The second kappa shape index (κ2) is 7.73. The Morgan fingerprint density at radius 2 is 2.21 bits per heavy atom. The predicted octanol–water partition coefficient (Wildman–Crippen LogP) is 2.93. The van der Waals surface area contributed by atoms with Crippen molar-refractivity contribution >= 4 is 26.7 Å². The molecular weight excluding hydrogens is 383 g/mol. The molecule has 1 fully saturated rings. The summed E-state index contributed by atoms with van der Waals surface area (Å²) < 4.78 is 7.89. The van der Waals surface area contributed by atoms with E-state index in [1.54, 1.807) is 6.92 Å². The number of aromatic nitrogens is 2. The van der Waals surface area contributed by atoms with Gasteiger partial charge in [-0.3, -0.25) is 9.48 Å². The zero-order chi connectivity index (χ0) is 20.0. The predicted molar refractivity (Wildman–Crippen MR) is 117 cm³/mol. The first-order valence-electron chi connectivity index (χ1n) is 10.6. The van der Waals surface area contributed by atoms with Crippen molar-refractivity contribution < 1.29 is 9.53 Å². The van der Waals surface area contributed by atoms with Gasteiger partial charge in [-0.2, -0.15) is 5.10 Å². The van der Waals surface area contributed by atoms with Gasteiger partial charge in [-0.1, -0.05) is 18.2 Å². The summed E-state index contributed by atoms with van der Waals surface area (Å²) in [7, 11) is 2.91. The average Bonchev–Trinajstić information content (AvgIpc) is 3.40. The molecule has 0 aliphatic carbocycles. The van der Waals surface area contributed by atoms with Gasteiger partial charge in [-0.25, -0.2) is 0 Å². The molecule has 1 saturated heterocycles. The standard InChI is InChI=1S/C22H29N4O2P/c1-15(27)24-8-6-21-19(12-24)22(23-26(21)18-7-9-28-13-18)25-11-16(14-29)10-17-4-2-3-5-20(17)25/h2-5,16,18H,6-14,29H2,1H3/t16?,18-/m0/s1. The Balaban J connectivity index is 1.62. The third kappa shape index (κ3) is 3.36. The van der Waals surface area contributed by atoms with Crippen LogP contribution in [0.2, 0.25) is 0 Å². The second-order valence-electron chi connectivity index (χ2n) is 8.45. The molecule has 0 N–H and O–H groups in total. The number of carbonyl (C=O) groups excluding carboxylic acids is 1. The number of hydrogen-bond donors (Lipinski definition) is 0. The van der Waals surface area contributed by atoms with Crippen LogP contribution in [0.5, 0.6) is 0 Å². The SMILES string of the molecule is CC(=O)N1CCc2c(c(N3CC(CP)Cc4ccccc43)nn2[C@H]2CCOC2)C1. The molecule has 1 amide bonds. The lowest BCUT2D eigenvalue weighted by atomic mass is 9.93. The van der Waals surface area contributed by atoms with Crippen molar-refractivity contribution in [2.24, 2.45) is 5.92 Å². The van der Waals surface area contributed by atoms with Gasteiger partial charge in [0.15, 0.2) is 5.82 Å². The average molecular weight is 412 g/mol. The smallest absolute Gasteiger partial charge is 0.219 e. The van der Waals surface area contributed by atoms with Crippen LogP contribution >= 0.6 is 9.24 Å². The number of para-hydroxylation sites is 1. The Morgan fingerprint density at radius 1 is 1.34 bits per heavy atom. The van der Waals surface area contributed by atoms with Crippen LogP contribution in [0.4, 0.5) is 11.5 Å². The van der Waals surface area contributed by atoms with Crippen molar-refractivity contribution in [3.05, 3.63) is 41.1 Å². The number of hydrogen-bond acceptors (Lipinski definition) is 4. The van der Waals surface area contributed by atoms with Gasteiger partial charge >= 0.3 is 0 Å². The van der Waals surface area contributed by atoms with Crippen LogP contribution in [0.25, 0.3) is 0 Å². The molecule has 3 atom stereocenters. The first kappa shape index (κ1) is 19.1. The molecule has 5 rings (SSSR count). The molecule has 4 heterocycles. The first-order chi connectivity index (χ1) is 14.2.